The average molecular weight is 260 g/mol. The SMILES string of the molecule is C=C(/C=C\C(=C/C(C)CC)C(F)(F)F)C(C)CC. The fourth-order valence-corrected chi connectivity index (χ4v) is 1.29. The summed E-state index contributed by atoms with van der Waals surface area (Å²) >= 11 is 0. The van der Waals surface area contributed by atoms with Crippen molar-refractivity contribution in [1.82, 2.24) is 0 Å². The predicted octanol–water partition coefficient (Wildman–Crippen LogP) is 5.68. The van der Waals surface area contributed by atoms with Crippen LogP contribution in [0.2, 0.25) is 0 Å². The zero-order valence-electron chi connectivity index (χ0n) is 11.6. The van der Waals surface area contributed by atoms with Crippen LogP contribution in [-0.2, 0) is 0 Å². The second-order valence-corrected chi connectivity index (χ2v) is 4.72. The van der Waals surface area contributed by atoms with Crippen LogP contribution in [0.15, 0.2) is 36.0 Å². The van der Waals surface area contributed by atoms with Crippen LogP contribution in [0.4, 0.5) is 13.2 Å². The number of allylic oxidation sites excluding steroid dienone is 5. The Morgan fingerprint density at radius 3 is 2.06 bits per heavy atom. The second kappa shape index (κ2) is 7.45. The molecule has 0 aliphatic rings. The average Bonchev–Trinajstić information content (AvgIpc) is 2.30. The van der Waals surface area contributed by atoms with Gasteiger partial charge in [-0.2, -0.15) is 13.2 Å². The van der Waals surface area contributed by atoms with E-state index in [1.807, 2.05) is 20.8 Å². The summed E-state index contributed by atoms with van der Waals surface area (Å²) < 4.78 is 38.4. The van der Waals surface area contributed by atoms with Gasteiger partial charge in [0.15, 0.2) is 0 Å². The van der Waals surface area contributed by atoms with Gasteiger partial charge in [-0.25, -0.2) is 0 Å². The Kier molecular flexibility index (Phi) is 7.04. The second-order valence-electron chi connectivity index (χ2n) is 4.72. The molecule has 0 fully saturated rings. The summed E-state index contributed by atoms with van der Waals surface area (Å²) in [5, 5.41) is 0. The highest BCUT2D eigenvalue weighted by Crippen LogP contribution is 2.29. The van der Waals surface area contributed by atoms with Crippen molar-refractivity contribution in [3.63, 3.8) is 0 Å². The highest BCUT2D eigenvalue weighted by atomic mass is 19.4. The monoisotopic (exact) mass is 260 g/mol. The molecule has 3 heteroatoms. The minimum atomic E-state index is -4.30. The highest BCUT2D eigenvalue weighted by Gasteiger charge is 2.31. The molecule has 2 atom stereocenters. The summed E-state index contributed by atoms with van der Waals surface area (Å²) in [5.74, 6) is 0.127. The first kappa shape index (κ1) is 17.0. The first-order valence-electron chi connectivity index (χ1n) is 6.38. The van der Waals surface area contributed by atoms with E-state index in [2.05, 4.69) is 6.58 Å². The Morgan fingerprint density at radius 2 is 1.67 bits per heavy atom. The maximum absolute atomic E-state index is 12.8. The van der Waals surface area contributed by atoms with Crippen LogP contribution in [0.5, 0.6) is 0 Å². The van der Waals surface area contributed by atoms with Crippen LogP contribution < -0.4 is 0 Å². The number of hydrogen-bond donors (Lipinski definition) is 0. The Morgan fingerprint density at radius 1 is 1.11 bits per heavy atom. The van der Waals surface area contributed by atoms with Gasteiger partial charge < -0.3 is 0 Å². The topological polar surface area (TPSA) is 0 Å². The molecule has 0 aromatic heterocycles. The van der Waals surface area contributed by atoms with Gasteiger partial charge in [-0.1, -0.05) is 64.5 Å². The summed E-state index contributed by atoms with van der Waals surface area (Å²) in [6, 6.07) is 0. The molecule has 0 bridgehead atoms. The molecule has 2 unspecified atom stereocenters. The predicted molar refractivity (Wildman–Crippen MR) is 71.3 cm³/mol. The van der Waals surface area contributed by atoms with Gasteiger partial charge in [0.25, 0.3) is 0 Å². The van der Waals surface area contributed by atoms with Crippen LogP contribution in [-0.4, -0.2) is 6.18 Å². The molecule has 0 amide bonds. The van der Waals surface area contributed by atoms with Crippen LogP contribution in [0, 0.1) is 11.8 Å². The van der Waals surface area contributed by atoms with Crippen molar-refractivity contribution in [3.05, 3.63) is 36.0 Å². The number of halogens is 3. The van der Waals surface area contributed by atoms with E-state index < -0.39 is 11.7 Å². The minimum absolute atomic E-state index is 0.0804. The molecule has 0 aromatic carbocycles. The molecular formula is C15H23F3. The lowest BCUT2D eigenvalue weighted by Crippen LogP contribution is -2.11. The van der Waals surface area contributed by atoms with E-state index in [1.54, 1.807) is 6.92 Å². The molecule has 0 radical (unpaired) electrons. The molecule has 0 spiro atoms. The van der Waals surface area contributed by atoms with Crippen LogP contribution in [0.25, 0.3) is 0 Å². The van der Waals surface area contributed by atoms with Crippen LogP contribution in [0.3, 0.4) is 0 Å². The van der Waals surface area contributed by atoms with Gasteiger partial charge in [0, 0.05) is 0 Å². The lowest BCUT2D eigenvalue weighted by Gasteiger charge is -2.12. The van der Waals surface area contributed by atoms with Gasteiger partial charge in [-0.3, -0.25) is 0 Å². The van der Waals surface area contributed by atoms with E-state index in [-0.39, 0.29) is 11.8 Å². The Bertz CT molecular complexity index is 321. The number of hydrogen-bond acceptors (Lipinski definition) is 0. The molecule has 18 heavy (non-hydrogen) atoms. The van der Waals surface area contributed by atoms with E-state index in [1.165, 1.54) is 12.2 Å². The normalized spacial score (nSPS) is 16.9. The van der Waals surface area contributed by atoms with Gasteiger partial charge in [-0.05, 0) is 18.3 Å². The highest BCUT2D eigenvalue weighted by molar-refractivity contribution is 5.30. The third-order valence-corrected chi connectivity index (χ3v) is 3.16. The van der Waals surface area contributed by atoms with Crippen molar-refractivity contribution < 1.29 is 13.2 Å². The van der Waals surface area contributed by atoms with E-state index in [0.29, 0.717) is 6.42 Å². The van der Waals surface area contributed by atoms with Gasteiger partial charge >= 0.3 is 6.18 Å². The number of alkyl halides is 3. The fraction of sp³-hybridized carbons (Fsp3) is 0.600. The van der Waals surface area contributed by atoms with Crippen molar-refractivity contribution in [2.24, 2.45) is 11.8 Å². The first-order chi connectivity index (χ1) is 8.22. The lowest BCUT2D eigenvalue weighted by atomic mass is 9.98. The van der Waals surface area contributed by atoms with E-state index >= 15 is 0 Å². The zero-order chi connectivity index (χ0) is 14.3. The summed E-state index contributed by atoms with van der Waals surface area (Å²) in [5.41, 5.74) is 0.151. The summed E-state index contributed by atoms with van der Waals surface area (Å²) in [7, 11) is 0. The molecule has 0 N–H and O–H groups in total. The molecule has 0 aromatic rings. The van der Waals surface area contributed by atoms with Crippen molar-refractivity contribution in [3.8, 4) is 0 Å². The standard InChI is InChI=1S/C15H23F3/c1-6-11(3)10-14(15(16,17)18)9-8-13(5)12(4)7-2/h8-12H,5-7H2,1-4H3/b9-8-,14-10+. The Balaban J connectivity index is 4.98. The lowest BCUT2D eigenvalue weighted by molar-refractivity contribution is -0.0886. The van der Waals surface area contributed by atoms with Gasteiger partial charge in [0.1, 0.15) is 0 Å². The zero-order valence-corrected chi connectivity index (χ0v) is 11.6. The molecule has 0 aliphatic heterocycles. The van der Waals surface area contributed by atoms with Gasteiger partial charge in [0.05, 0.1) is 5.57 Å². The van der Waals surface area contributed by atoms with Crippen molar-refractivity contribution >= 4 is 0 Å². The van der Waals surface area contributed by atoms with Gasteiger partial charge in [0.2, 0.25) is 0 Å². The molecular weight excluding hydrogens is 237 g/mol. The maximum Gasteiger partial charge on any atom is 0.416 e. The quantitative estimate of drug-likeness (QED) is 0.539. The summed E-state index contributed by atoms with van der Waals surface area (Å²) in [4.78, 5) is 0. The molecule has 0 nitrogen and oxygen atoms in total. The Hall–Kier alpha value is -0.990. The number of rotatable bonds is 6. The smallest absolute Gasteiger partial charge is 0.166 e. The van der Waals surface area contributed by atoms with E-state index in [4.69, 9.17) is 0 Å². The minimum Gasteiger partial charge on any atom is -0.166 e. The Labute approximate surface area is 108 Å². The molecule has 0 rings (SSSR count). The summed E-state index contributed by atoms with van der Waals surface area (Å²) in [6.07, 6.45) is 1.17. The van der Waals surface area contributed by atoms with Crippen LogP contribution in [0.1, 0.15) is 40.5 Å². The maximum atomic E-state index is 12.8. The van der Waals surface area contributed by atoms with Gasteiger partial charge in [-0.15, -0.1) is 0 Å². The summed E-state index contributed by atoms with van der Waals surface area (Å²) in [6.45, 7) is 11.4. The molecule has 0 saturated heterocycles. The van der Waals surface area contributed by atoms with E-state index in [0.717, 1.165) is 18.1 Å². The third kappa shape index (κ3) is 6.08. The van der Waals surface area contributed by atoms with Crippen molar-refractivity contribution in [1.29, 1.82) is 0 Å². The molecule has 0 aliphatic carbocycles. The molecule has 0 heterocycles. The first-order valence-corrected chi connectivity index (χ1v) is 6.38. The van der Waals surface area contributed by atoms with Crippen molar-refractivity contribution in [2.45, 2.75) is 46.7 Å². The molecule has 104 valence electrons. The molecule has 0 saturated carbocycles. The van der Waals surface area contributed by atoms with Crippen molar-refractivity contribution in [2.75, 3.05) is 0 Å². The largest absolute Gasteiger partial charge is 0.416 e. The van der Waals surface area contributed by atoms with Crippen LogP contribution >= 0.6 is 0 Å². The van der Waals surface area contributed by atoms with E-state index in [9.17, 15) is 13.2 Å². The third-order valence-electron chi connectivity index (χ3n) is 3.16. The fourth-order valence-electron chi connectivity index (χ4n) is 1.29.